The molecule has 0 aliphatic rings. The lowest BCUT2D eigenvalue weighted by atomic mass is 10.1. The highest BCUT2D eigenvalue weighted by Gasteiger charge is 2.15. The van der Waals surface area contributed by atoms with Gasteiger partial charge in [-0.25, -0.2) is 13.2 Å². The Bertz CT molecular complexity index is 527. The summed E-state index contributed by atoms with van der Waals surface area (Å²) in [5.41, 5.74) is 1.04. The van der Waals surface area contributed by atoms with Gasteiger partial charge in [0.05, 0.1) is 4.90 Å². The molecule has 0 amide bonds. The highest BCUT2D eigenvalue weighted by Crippen LogP contribution is 2.28. The van der Waals surface area contributed by atoms with Crippen LogP contribution in [0.25, 0.3) is 0 Å². The molecule has 0 aliphatic heterocycles. The molecule has 7 heteroatoms. The zero-order valence-corrected chi connectivity index (χ0v) is 10.8. The number of ether oxygens (including phenoxy) is 1. The van der Waals surface area contributed by atoms with Gasteiger partial charge in [-0.1, -0.05) is 0 Å². The van der Waals surface area contributed by atoms with E-state index >= 15 is 0 Å². The molecule has 0 bridgehead atoms. The van der Waals surface area contributed by atoms with Gasteiger partial charge in [0.1, 0.15) is 5.75 Å². The SMILES string of the molecule is Cc1cc(S(=O)(=O)Cl)cc(C)c1OCC(=O)O. The maximum absolute atomic E-state index is 11.1. The van der Waals surface area contributed by atoms with Gasteiger partial charge < -0.3 is 9.84 Å². The number of carboxylic acids is 1. The van der Waals surface area contributed by atoms with Crippen LogP contribution in [0.15, 0.2) is 17.0 Å². The molecule has 1 N–H and O–H groups in total. The molecule has 1 rings (SSSR count). The molecule has 0 unspecified atom stereocenters. The van der Waals surface area contributed by atoms with E-state index in [4.69, 9.17) is 20.5 Å². The molecular formula is C10H11ClO5S. The first kappa shape index (κ1) is 13.8. The molecule has 17 heavy (non-hydrogen) atoms. The lowest BCUT2D eigenvalue weighted by molar-refractivity contribution is -0.139. The lowest BCUT2D eigenvalue weighted by Crippen LogP contribution is -2.11. The van der Waals surface area contributed by atoms with Crippen LogP contribution < -0.4 is 4.74 Å². The second-order valence-corrected chi connectivity index (χ2v) is 6.07. The number of benzene rings is 1. The Hall–Kier alpha value is -1.27. The van der Waals surface area contributed by atoms with Crippen molar-refractivity contribution >= 4 is 25.7 Å². The molecule has 0 spiro atoms. The van der Waals surface area contributed by atoms with Crippen LogP contribution in [0, 0.1) is 13.8 Å². The van der Waals surface area contributed by atoms with E-state index in [0.29, 0.717) is 16.9 Å². The maximum atomic E-state index is 11.1. The van der Waals surface area contributed by atoms with Gasteiger partial charge in [0.25, 0.3) is 9.05 Å². The molecule has 0 heterocycles. The van der Waals surface area contributed by atoms with Gasteiger partial charge in [0.2, 0.25) is 0 Å². The van der Waals surface area contributed by atoms with Crippen LogP contribution in [0.1, 0.15) is 11.1 Å². The summed E-state index contributed by atoms with van der Waals surface area (Å²) in [5.74, 6) is -0.741. The third-order valence-corrected chi connectivity index (χ3v) is 3.39. The fraction of sp³-hybridized carbons (Fsp3) is 0.300. The molecule has 5 nitrogen and oxygen atoms in total. The highest BCUT2D eigenvalue weighted by molar-refractivity contribution is 8.13. The molecule has 1 aromatic rings. The fourth-order valence-electron chi connectivity index (χ4n) is 1.41. The lowest BCUT2D eigenvalue weighted by Gasteiger charge is -2.11. The van der Waals surface area contributed by atoms with E-state index in [1.807, 2.05) is 0 Å². The largest absolute Gasteiger partial charge is 0.481 e. The normalized spacial score (nSPS) is 11.2. The van der Waals surface area contributed by atoms with Crippen LogP contribution in [0.2, 0.25) is 0 Å². The molecule has 1 aromatic carbocycles. The Labute approximate surface area is 103 Å². The topological polar surface area (TPSA) is 80.7 Å². The van der Waals surface area contributed by atoms with E-state index in [0.717, 1.165) is 0 Å². The van der Waals surface area contributed by atoms with E-state index in [1.165, 1.54) is 12.1 Å². The fourth-order valence-corrected chi connectivity index (χ4v) is 2.32. The predicted molar refractivity (Wildman–Crippen MR) is 62.1 cm³/mol. The molecule has 0 aliphatic carbocycles. The summed E-state index contributed by atoms with van der Waals surface area (Å²) in [6.07, 6.45) is 0. The number of aryl methyl sites for hydroxylation is 2. The first-order chi connectivity index (χ1) is 7.71. The predicted octanol–water partition coefficient (Wildman–Crippen LogP) is 1.69. The van der Waals surface area contributed by atoms with Crippen LogP contribution in [0.4, 0.5) is 0 Å². The van der Waals surface area contributed by atoms with Crippen molar-refractivity contribution in [1.29, 1.82) is 0 Å². The summed E-state index contributed by atoms with van der Waals surface area (Å²) in [6, 6.07) is 2.68. The number of hydrogen-bond donors (Lipinski definition) is 1. The summed E-state index contributed by atoms with van der Waals surface area (Å²) in [4.78, 5) is 10.3. The average Bonchev–Trinajstić information content (AvgIpc) is 2.14. The minimum absolute atomic E-state index is 0.0307. The second-order valence-electron chi connectivity index (χ2n) is 3.51. The smallest absolute Gasteiger partial charge is 0.341 e. The van der Waals surface area contributed by atoms with Crippen LogP contribution in [0.3, 0.4) is 0 Å². The van der Waals surface area contributed by atoms with Gasteiger partial charge in [-0.3, -0.25) is 0 Å². The minimum atomic E-state index is -3.80. The first-order valence-electron chi connectivity index (χ1n) is 4.62. The average molecular weight is 279 g/mol. The van der Waals surface area contributed by atoms with Crippen LogP contribution in [-0.4, -0.2) is 26.1 Å². The Morgan fingerprint density at radius 3 is 2.18 bits per heavy atom. The number of rotatable bonds is 4. The minimum Gasteiger partial charge on any atom is -0.481 e. The van der Waals surface area contributed by atoms with Crippen LogP contribution in [-0.2, 0) is 13.8 Å². The van der Waals surface area contributed by atoms with E-state index < -0.39 is 21.6 Å². The molecule has 0 aromatic heterocycles. The van der Waals surface area contributed by atoms with Crippen molar-refractivity contribution in [1.82, 2.24) is 0 Å². The molecule has 0 atom stereocenters. The molecule has 0 radical (unpaired) electrons. The van der Waals surface area contributed by atoms with Gasteiger partial charge >= 0.3 is 5.97 Å². The summed E-state index contributed by atoms with van der Waals surface area (Å²) >= 11 is 0. The maximum Gasteiger partial charge on any atom is 0.341 e. The number of aliphatic carboxylic acids is 1. The standard InChI is InChI=1S/C10H11ClO5S/c1-6-3-8(17(11,14)15)4-7(2)10(6)16-5-9(12)13/h3-4H,5H2,1-2H3,(H,12,13). The van der Waals surface area contributed by atoms with Gasteiger partial charge in [-0.15, -0.1) is 0 Å². The van der Waals surface area contributed by atoms with Gasteiger partial charge in [0.15, 0.2) is 6.61 Å². The van der Waals surface area contributed by atoms with E-state index in [-0.39, 0.29) is 4.90 Å². The Kier molecular flexibility index (Phi) is 4.00. The Morgan fingerprint density at radius 1 is 1.35 bits per heavy atom. The molecule has 0 saturated heterocycles. The van der Waals surface area contributed by atoms with Crippen molar-refractivity contribution in [3.05, 3.63) is 23.3 Å². The zero-order chi connectivity index (χ0) is 13.2. The highest BCUT2D eigenvalue weighted by atomic mass is 35.7. The third kappa shape index (κ3) is 3.61. The number of carboxylic acid groups (broad SMARTS) is 1. The molecule has 0 fully saturated rings. The molecular weight excluding hydrogens is 268 g/mol. The van der Waals surface area contributed by atoms with Crippen molar-refractivity contribution in [2.24, 2.45) is 0 Å². The van der Waals surface area contributed by atoms with Crippen molar-refractivity contribution in [3.63, 3.8) is 0 Å². The summed E-state index contributed by atoms with van der Waals surface area (Å²) in [6.45, 7) is 2.76. The number of hydrogen-bond acceptors (Lipinski definition) is 4. The number of carbonyl (C=O) groups is 1. The molecule has 94 valence electrons. The summed E-state index contributed by atoms with van der Waals surface area (Å²) < 4.78 is 27.3. The van der Waals surface area contributed by atoms with Gasteiger partial charge in [-0.2, -0.15) is 0 Å². The van der Waals surface area contributed by atoms with Gasteiger partial charge in [0, 0.05) is 10.7 Å². The zero-order valence-electron chi connectivity index (χ0n) is 9.23. The summed E-state index contributed by atoms with van der Waals surface area (Å²) in [7, 11) is 1.42. The van der Waals surface area contributed by atoms with Crippen molar-refractivity contribution in [3.8, 4) is 5.75 Å². The Morgan fingerprint density at radius 2 is 1.82 bits per heavy atom. The second kappa shape index (κ2) is 4.93. The van der Waals surface area contributed by atoms with Gasteiger partial charge in [-0.05, 0) is 37.1 Å². The Balaban J connectivity index is 3.15. The van der Waals surface area contributed by atoms with Crippen molar-refractivity contribution in [2.75, 3.05) is 6.61 Å². The van der Waals surface area contributed by atoms with Crippen molar-refractivity contribution in [2.45, 2.75) is 18.7 Å². The first-order valence-corrected chi connectivity index (χ1v) is 6.93. The van der Waals surface area contributed by atoms with E-state index in [9.17, 15) is 13.2 Å². The monoisotopic (exact) mass is 278 g/mol. The van der Waals surface area contributed by atoms with Crippen LogP contribution >= 0.6 is 10.7 Å². The number of halogens is 1. The summed E-state index contributed by atoms with van der Waals surface area (Å²) in [5, 5.41) is 8.50. The quantitative estimate of drug-likeness (QED) is 0.848. The van der Waals surface area contributed by atoms with Crippen molar-refractivity contribution < 1.29 is 23.1 Å². The third-order valence-electron chi connectivity index (χ3n) is 2.06. The van der Waals surface area contributed by atoms with Crippen LogP contribution in [0.5, 0.6) is 5.75 Å². The van der Waals surface area contributed by atoms with E-state index in [1.54, 1.807) is 13.8 Å². The van der Waals surface area contributed by atoms with E-state index in [2.05, 4.69) is 0 Å². The molecule has 0 saturated carbocycles.